The maximum Gasteiger partial charge on any atom is 0.339 e. The summed E-state index contributed by atoms with van der Waals surface area (Å²) < 4.78 is 12.9. The molecule has 1 aromatic carbocycles. The van der Waals surface area contributed by atoms with Crippen LogP contribution in [-0.4, -0.2) is 21.3 Å². The molecule has 0 aliphatic carbocycles. The molecule has 2 rings (SSSR count). The van der Waals surface area contributed by atoms with Crippen molar-refractivity contribution in [3.63, 3.8) is 0 Å². The topological polar surface area (TPSA) is 66.0 Å². The summed E-state index contributed by atoms with van der Waals surface area (Å²) in [5, 5.41) is 15.1. The van der Waals surface area contributed by atoms with Crippen molar-refractivity contribution in [3.05, 3.63) is 41.8 Å². The predicted octanol–water partition coefficient (Wildman–Crippen LogP) is 1.91. The quantitative estimate of drug-likeness (QED) is 0.788. The predicted molar refractivity (Wildman–Crippen MR) is 50.9 cm³/mol. The van der Waals surface area contributed by atoms with Crippen LogP contribution in [-0.2, 0) is 0 Å². The van der Waals surface area contributed by atoms with E-state index in [1.807, 2.05) is 0 Å². The Bertz CT molecular complexity index is 508. The number of H-pyrrole nitrogens is 1. The van der Waals surface area contributed by atoms with Gasteiger partial charge in [-0.1, -0.05) is 12.1 Å². The van der Waals surface area contributed by atoms with Gasteiger partial charge in [-0.2, -0.15) is 5.10 Å². The van der Waals surface area contributed by atoms with E-state index >= 15 is 0 Å². The first-order valence-corrected chi connectivity index (χ1v) is 4.21. The molecular formula is C10H7FN2O2. The van der Waals surface area contributed by atoms with E-state index < -0.39 is 11.8 Å². The van der Waals surface area contributed by atoms with Gasteiger partial charge in [0.15, 0.2) is 0 Å². The molecule has 0 aliphatic heterocycles. The normalized spacial score (nSPS) is 10.2. The van der Waals surface area contributed by atoms with Crippen LogP contribution in [0, 0.1) is 5.82 Å². The van der Waals surface area contributed by atoms with E-state index in [-0.39, 0.29) is 11.3 Å². The zero-order valence-corrected chi connectivity index (χ0v) is 7.57. The summed E-state index contributed by atoms with van der Waals surface area (Å²) in [7, 11) is 0. The van der Waals surface area contributed by atoms with Crippen molar-refractivity contribution in [1.29, 1.82) is 0 Å². The Labute approximate surface area is 84.4 Å². The van der Waals surface area contributed by atoms with Crippen molar-refractivity contribution < 1.29 is 14.3 Å². The van der Waals surface area contributed by atoms with Crippen molar-refractivity contribution >= 4 is 5.97 Å². The summed E-state index contributed by atoms with van der Waals surface area (Å²) in [6.45, 7) is 0. The van der Waals surface area contributed by atoms with Crippen LogP contribution in [0.4, 0.5) is 4.39 Å². The molecule has 0 radical (unpaired) electrons. The van der Waals surface area contributed by atoms with Crippen LogP contribution in [0.1, 0.15) is 10.4 Å². The summed E-state index contributed by atoms with van der Waals surface area (Å²) >= 11 is 0. The molecule has 2 N–H and O–H groups in total. The maximum atomic E-state index is 12.9. The summed E-state index contributed by atoms with van der Waals surface area (Å²) in [4.78, 5) is 10.8. The van der Waals surface area contributed by atoms with Crippen LogP contribution in [0.2, 0.25) is 0 Å². The molecule has 1 heterocycles. The van der Waals surface area contributed by atoms with Crippen LogP contribution in [0.15, 0.2) is 30.5 Å². The lowest BCUT2D eigenvalue weighted by Gasteiger charge is -1.98. The van der Waals surface area contributed by atoms with Gasteiger partial charge in [0, 0.05) is 11.8 Å². The molecule has 5 heteroatoms. The second kappa shape index (κ2) is 3.53. The van der Waals surface area contributed by atoms with Gasteiger partial charge in [0.1, 0.15) is 17.1 Å². The number of hydrogen-bond acceptors (Lipinski definition) is 2. The number of halogens is 1. The van der Waals surface area contributed by atoms with Gasteiger partial charge in [-0.3, -0.25) is 5.10 Å². The number of aromatic nitrogens is 2. The number of nitrogens with zero attached hydrogens (tertiary/aromatic N) is 1. The largest absolute Gasteiger partial charge is 0.478 e. The molecule has 0 fully saturated rings. The minimum absolute atomic E-state index is 0.0283. The number of rotatable bonds is 2. The maximum absolute atomic E-state index is 12.9. The van der Waals surface area contributed by atoms with E-state index in [1.54, 1.807) is 6.07 Å². The standard InChI is InChI=1S/C10H7FN2O2/c11-7-3-1-2-6(4-7)9-8(10(14)15)5-12-13-9/h1-5H,(H,12,13)(H,14,15). The molecule has 0 saturated carbocycles. The lowest BCUT2D eigenvalue weighted by atomic mass is 10.1. The number of nitrogens with one attached hydrogen (secondary N) is 1. The number of aromatic amines is 1. The first-order chi connectivity index (χ1) is 7.18. The summed E-state index contributed by atoms with van der Waals surface area (Å²) in [6, 6.07) is 5.63. The third-order valence-corrected chi connectivity index (χ3v) is 1.97. The summed E-state index contributed by atoms with van der Waals surface area (Å²) in [5.74, 6) is -1.52. The molecule has 0 spiro atoms. The van der Waals surface area contributed by atoms with Gasteiger partial charge in [-0.25, -0.2) is 9.18 Å². The average molecular weight is 206 g/mol. The molecule has 76 valence electrons. The Morgan fingerprint density at radius 1 is 1.47 bits per heavy atom. The number of carbonyl (C=O) groups is 1. The Hall–Kier alpha value is -2.17. The van der Waals surface area contributed by atoms with E-state index in [0.29, 0.717) is 5.56 Å². The zero-order chi connectivity index (χ0) is 10.8. The number of hydrogen-bond donors (Lipinski definition) is 2. The Morgan fingerprint density at radius 3 is 2.93 bits per heavy atom. The number of carboxylic acid groups (broad SMARTS) is 1. The van der Waals surface area contributed by atoms with Gasteiger partial charge in [0.05, 0.1) is 0 Å². The lowest BCUT2D eigenvalue weighted by molar-refractivity contribution is 0.0698. The van der Waals surface area contributed by atoms with Crippen LogP contribution in [0.3, 0.4) is 0 Å². The molecule has 1 aromatic heterocycles. The zero-order valence-electron chi connectivity index (χ0n) is 7.57. The van der Waals surface area contributed by atoms with Crippen LogP contribution < -0.4 is 0 Å². The Morgan fingerprint density at radius 2 is 2.27 bits per heavy atom. The van der Waals surface area contributed by atoms with E-state index in [9.17, 15) is 9.18 Å². The third-order valence-electron chi connectivity index (χ3n) is 1.97. The second-order valence-corrected chi connectivity index (χ2v) is 2.96. The molecule has 0 atom stereocenters. The molecule has 2 aromatic rings. The van der Waals surface area contributed by atoms with Gasteiger partial charge in [0.2, 0.25) is 0 Å². The fraction of sp³-hybridized carbons (Fsp3) is 0. The van der Waals surface area contributed by atoms with Crippen molar-refractivity contribution in [2.45, 2.75) is 0 Å². The molecule has 0 aliphatic rings. The number of aromatic carboxylic acids is 1. The fourth-order valence-corrected chi connectivity index (χ4v) is 1.31. The highest BCUT2D eigenvalue weighted by atomic mass is 19.1. The molecular weight excluding hydrogens is 199 g/mol. The Balaban J connectivity index is 2.54. The average Bonchev–Trinajstić information content (AvgIpc) is 2.65. The van der Waals surface area contributed by atoms with Gasteiger partial charge < -0.3 is 5.11 Å². The highest BCUT2D eigenvalue weighted by molar-refractivity contribution is 5.94. The smallest absolute Gasteiger partial charge is 0.339 e. The summed E-state index contributed by atoms with van der Waals surface area (Å²) in [6.07, 6.45) is 1.27. The lowest BCUT2D eigenvalue weighted by Crippen LogP contribution is -1.96. The monoisotopic (exact) mass is 206 g/mol. The van der Waals surface area contributed by atoms with Gasteiger partial charge in [-0.15, -0.1) is 0 Å². The highest BCUT2D eigenvalue weighted by Gasteiger charge is 2.14. The van der Waals surface area contributed by atoms with Crippen molar-refractivity contribution in [3.8, 4) is 11.3 Å². The third kappa shape index (κ3) is 1.71. The Kier molecular flexibility index (Phi) is 2.21. The second-order valence-electron chi connectivity index (χ2n) is 2.96. The molecule has 4 nitrogen and oxygen atoms in total. The SMILES string of the molecule is O=C(O)c1c[nH]nc1-c1cccc(F)c1. The minimum Gasteiger partial charge on any atom is -0.478 e. The molecule has 0 unspecified atom stereocenters. The van der Waals surface area contributed by atoms with Crippen molar-refractivity contribution in [2.75, 3.05) is 0 Å². The molecule has 15 heavy (non-hydrogen) atoms. The highest BCUT2D eigenvalue weighted by Crippen LogP contribution is 2.21. The van der Waals surface area contributed by atoms with Gasteiger partial charge >= 0.3 is 5.97 Å². The van der Waals surface area contributed by atoms with Crippen LogP contribution in [0.25, 0.3) is 11.3 Å². The minimum atomic E-state index is -1.09. The van der Waals surface area contributed by atoms with E-state index in [2.05, 4.69) is 10.2 Å². The number of carboxylic acids is 1. The van der Waals surface area contributed by atoms with Crippen LogP contribution in [0.5, 0.6) is 0 Å². The van der Waals surface area contributed by atoms with E-state index in [1.165, 1.54) is 24.4 Å². The van der Waals surface area contributed by atoms with E-state index in [4.69, 9.17) is 5.11 Å². The van der Waals surface area contributed by atoms with Gasteiger partial charge in [-0.05, 0) is 12.1 Å². The molecule has 0 bridgehead atoms. The van der Waals surface area contributed by atoms with Crippen LogP contribution >= 0.6 is 0 Å². The van der Waals surface area contributed by atoms with Crippen molar-refractivity contribution in [1.82, 2.24) is 10.2 Å². The molecule has 0 amide bonds. The van der Waals surface area contributed by atoms with E-state index in [0.717, 1.165) is 0 Å². The first kappa shape index (κ1) is 9.39. The van der Waals surface area contributed by atoms with Crippen molar-refractivity contribution in [2.24, 2.45) is 0 Å². The molecule has 0 saturated heterocycles. The summed E-state index contributed by atoms with van der Waals surface area (Å²) in [5.41, 5.74) is 0.705. The van der Waals surface area contributed by atoms with Gasteiger partial charge in [0.25, 0.3) is 0 Å². The fourth-order valence-electron chi connectivity index (χ4n) is 1.31. The number of benzene rings is 1. The first-order valence-electron chi connectivity index (χ1n) is 4.21.